The summed E-state index contributed by atoms with van der Waals surface area (Å²) < 4.78 is 11.7. The summed E-state index contributed by atoms with van der Waals surface area (Å²) in [6, 6.07) is 0. The van der Waals surface area contributed by atoms with E-state index in [9.17, 15) is 0 Å². The number of oxazole rings is 1. The Balaban J connectivity index is 2.01. The Morgan fingerprint density at radius 3 is 2.67 bits per heavy atom. The lowest BCUT2D eigenvalue weighted by Crippen LogP contribution is -2.14. The van der Waals surface area contributed by atoms with E-state index in [1.54, 1.807) is 0 Å². The molecule has 102 valence electrons. The quantitative estimate of drug-likeness (QED) is 0.817. The molecule has 1 aliphatic rings. The fourth-order valence-corrected chi connectivity index (χ4v) is 2.77. The highest BCUT2D eigenvalue weighted by Crippen LogP contribution is 2.39. The van der Waals surface area contributed by atoms with E-state index >= 15 is 0 Å². The van der Waals surface area contributed by atoms with Crippen LogP contribution in [0.3, 0.4) is 0 Å². The Hall–Kier alpha value is -0.870. The number of hydrogen-bond acceptors (Lipinski definition) is 4. The van der Waals surface area contributed by atoms with Gasteiger partial charge in [-0.1, -0.05) is 6.92 Å². The molecule has 1 N–H and O–H groups in total. The van der Waals surface area contributed by atoms with Crippen LogP contribution in [-0.2, 0) is 11.2 Å². The van der Waals surface area contributed by atoms with E-state index in [-0.39, 0.29) is 6.10 Å². The largest absolute Gasteiger partial charge is 0.445 e. The molecular weight excluding hydrogens is 228 g/mol. The molecule has 1 fully saturated rings. The molecule has 4 unspecified atom stereocenters. The average molecular weight is 252 g/mol. The van der Waals surface area contributed by atoms with Crippen LogP contribution in [0.1, 0.15) is 44.8 Å². The smallest absolute Gasteiger partial charge is 0.194 e. The van der Waals surface area contributed by atoms with E-state index in [0.29, 0.717) is 17.9 Å². The molecule has 0 radical (unpaired) electrons. The van der Waals surface area contributed by atoms with Crippen molar-refractivity contribution in [2.75, 3.05) is 13.6 Å². The second kappa shape index (κ2) is 5.85. The van der Waals surface area contributed by atoms with Gasteiger partial charge in [0.1, 0.15) is 5.76 Å². The van der Waals surface area contributed by atoms with Crippen molar-refractivity contribution < 1.29 is 9.15 Å². The van der Waals surface area contributed by atoms with E-state index in [1.165, 1.54) is 0 Å². The van der Waals surface area contributed by atoms with Crippen LogP contribution in [0.5, 0.6) is 0 Å². The maximum absolute atomic E-state index is 5.88. The van der Waals surface area contributed by atoms with Crippen LogP contribution in [0.25, 0.3) is 0 Å². The van der Waals surface area contributed by atoms with Gasteiger partial charge in [-0.25, -0.2) is 4.98 Å². The number of nitrogens with one attached hydrogen (secondary N) is 1. The third-order valence-electron chi connectivity index (χ3n) is 3.96. The van der Waals surface area contributed by atoms with Crippen molar-refractivity contribution >= 4 is 0 Å². The van der Waals surface area contributed by atoms with Gasteiger partial charge in [-0.2, -0.15) is 0 Å². The lowest BCUT2D eigenvalue weighted by molar-refractivity contribution is 0.0547. The van der Waals surface area contributed by atoms with E-state index in [1.807, 2.05) is 13.2 Å². The van der Waals surface area contributed by atoms with Crippen molar-refractivity contribution in [2.24, 2.45) is 5.92 Å². The first-order valence-corrected chi connectivity index (χ1v) is 6.88. The van der Waals surface area contributed by atoms with Gasteiger partial charge in [-0.3, -0.25) is 0 Å². The molecule has 0 saturated carbocycles. The number of aryl methyl sites for hydroxylation is 1. The van der Waals surface area contributed by atoms with Gasteiger partial charge < -0.3 is 14.5 Å². The third-order valence-corrected chi connectivity index (χ3v) is 3.96. The number of ether oxygens (including phenoxy) is 1. The second-order valence-corrected chi connectivity index (χ2v) is 5.29. The van der Waals surface area contributed by atoms with Crippen LogP contribution < -0.4 is 5.32 Å². The van der Waals surface area contributed by atoms with Crippen molar-refractivity contribution in [3.63, 3.8) is 0 Å². The highest BCUT2D eigenvalue weighted by atomic mass is 16.5. The Kier molecular flexibility index (Phi) is 4.40. The molecule has 4 heteroatoms. The molecular formula is C14H24N2O2. The zero-order valence-electron chi connectivity index (χ0n) is 11.8. The predicted molar refractivity (Wildman–Crippen MR) is 70.7 cm³/mol. The molecule has 4 nitrogen and oxygen atoms in total. The summed E-state index contributed by atoms with van der Waals surface area (Å²) in [5, 5.41) is 3.13. The number of aromatic nitrogens is 1. The van der Waals surface area contributed by atoms with Crippen molar-refractivity contribution in [1.82, 2.24) is 10.3 Å². The maximum Gasteiger partial charge on any atom is 0.194 e. The monoisotopic (exact) mass is 252 g/mol. The van der Waals surface area contributed by atoms with Crippen LogP contribution in [0, 0.1) is 5.92 Å². The highest BCUT2D eigenvalue weighted by molar-refractivity contribution is 5.09. The predicted octanol–water partition coefficient (Wildman–Crippen LogP) is 2.35. The summed E-state index contributed by atoms with van der Waals surface area (Å²) in [6.45, 7) is 7.47. The summed E-state index contributed by atoms with van der Waals surface area (Å²) in [5.41, 5.74) is 0. The standard InChI is InChI=1S/C14H24N2O2/c1-9-10(2)17-11(3)14(9)12-8-16-13(18-12)6-5-7-15-4/h8-11,14-15H,5-7H2,1-4H3. The molecule has 1 aromatic heterocycles. The van der Waals surface area contributed by atoms with E-state index in [0.717, 1.165) is 31.0 Å². The molecule has 1 aromatic rings. The highest BCUT2D eigenvalue weighted by Gasteiger charge is 2.39. The van der Waals surface area contributed by atoms with Crippen LogP contribution in [0.4, 0.5) is 0 Å². The number of rotatable bonds is 5. The summed E-state index contributed by atoms with van der Waals surface area (Å²) >= 11 is 0. The van der Waals surface area contributed by atoms with Crippen molar-refractivity contribution in [2.45, 2.75) is 51.7 Å². The zero-order valence-corrected chi connectivity index (χ0v) is 11.8. The van der Waals surface area contributed by atoms with Gasteiger partial charge in [0, 0.05) is 12.3 Å². The first-order valence-electron chi connectivity index (χ1n) is 6.88. The Morgan fingerprint density at radius 1 is 1.28 bits per heavy atom. The minimum Gasteiger partial charge on any atom is -0.445 e. The van der Waals surface area contributed by atoms with Crippen LogP contribution in [-0.4, -0.2) is 30.8 Å². The van der Waals surface area contributed by atoms with Gasteiger partial charge in [0.2, 0.25) is 0 Å². The molecule has 1 saturated heterocycles. The van der Waals surface area contributed by atoms with Gasteiger partial charge in [0.15, 0.2) is 5.89 Å². The number of nitrogens with zero attached hydrogens (tertiary/aromatic N) is 1. The average Bonchev–Trinajstić information content (AvgIpc) is 2.86. The summed E-state index contributed by atoms with van der Waals surface area (Å²) in [5.74, 6) is 2.65. The summed E-state index contributed by atoms with van der Waals surface area (Å²) in [4.78, 5) is 4.38. The first-order chi connectivity index (χ1) is 8.63. The fraction of sp³-hybridized carbons (Fsp3) is 0.786. The molecule has 2 heterocycles. The fourth-order valence-electron chi connectivity index (χ4n) is 2.77. The van der Waals surface area contributed by atoms with E-state index < -0.39 is 0 Å². The van der Waals surface area contributed by atoms with E-state index in [4.69, 9.17) is 9.15 Å². The van der Waals surface area contributed by atoms with Crippen molar-refractivity contribution in [3.8, 4) is 0 Å². The van der Waals surface area contributed by atoms with Crippen molar-refractivity contribution in [3.05, 3.63) is 17.8 Å². The molecule has 0 spiro atoms. The van der Waals surface area contributed by atoms with Crippen LogP contribution >= 0.6 is 0 Å². The molecule has 0 aliphatic carbocycles. The maximum atomic E-state index is 5.88. The Labute approximate surface area is 109 Å². The third kappa shape index (κ3) is 2.75. The van der Waals surface area contributed by atoms with Gasteiger partial charge in [-0.05, 0) is 39.8 Å². The molecule has 1 aliphatic heterocycles. The normalized spacial score (nSPS) is 32.0. The van der Waals surface area contributed by atoms with Gasteiger partial charge in [0.25, 0.3) is 0 Å². The molecule has 0 bridgehead atoms. The zero-order chi connectivity index (χ0) is 13.1. The topological polar surface area (TPSA) is 47.3 Å². The number of hydrogen-bond donors (Lipinski definition) is 1. The first kappa shape index (κ1) is 13.6. The molecule has 4 atom stereocenters. The van der Waals surface area contributed by atoms with Crippen LogP contribution in [0.2, 0.25) is 0 Å². The van der Waals surface area contributed by atoms with Gasteiger partial charge >= 0.3 is 0 Å². The lowest BCUT2D eigenvalue weighted by Gasteiger charge is -2.14. The SMILES string of the molecule is CNCCCc1ncc(C2C(C)OC(C)C2C)o1. The minimum atomic E-state index is 0.216. The molecule has 2 rings (SSSR count). The lowest BCUT2D eigenvalue weighted by atomic mass is 9.88. The molecule has 18 heavy (non-hydrogen) atoms. The van der Waals surface area contributed by atoms with Crippen LogP contribution in [0.15, 0.2) is 10.6 Å². The van der Waals surface area contributed by atoms with Gasteiger partial charge in [-0.15, -0.1) is 0 Å². The summed E-state index contributed by atoms with van der Waals surface area (Å²) in [7, 11) is 1.96. The minimum absolute atomic E-state index is 0.216. The van der Waals surface area contributed by atoms with Gasteiger partial charge in [0.05, 0.1) is 18.4 Å². The van der Waals surface area contributed by atoms with Crippen molar-refractivity contribution in [1.29, 1.82) is 0 Å². The molecule has 0 aromatic carbocycles. The van der Waals surface area contributed by atoms with E-state index in [2.05, 4.69) is 31.1 Å². The Bertz CT molecular complexity index is 378. The summed E-state index contributed by atoms with van der Waals surface area (Å²) in [6.07, 6.45) is 4.34. The molecule has 0 amide bonds. The second-order valence-electron chi connectivity index (χ2n) is 5.29. The Morgan fingerprint density at radius 2 is 2.06 bits per heavy atom.